The molecule has 0 spiro atoms. The molecule has 1 aliphatic heterocycles. The van der Waals surface area contributed by atoms with Gasteiger partial charge in [0.2, 0.25) is 15.9 Å². The first-order valence-corrected chi connectivity index (χ1v) is 9.08. The lowest BCUT2D eigenvalue weighted by atomic mass is 10.2. The van der Waals surface area contributed by atoms with E-state index in [2.05, 4.69) is 0 Å². The maximum atomic E-state index is 12.5. The summed E-state index contributed by atoms with van der Waals surface area (Å²) < 4.78 is 32.2. The summed E-state index contributed by atoms with van der Waals surface area (Å²) >= 11 is 0. The zero-order valence-corrected chi connectivity index (χ0v) is 14.0. The summed E-state index contributed by atoms with van der Waals surface area (Å²) in [5.41, 5.74) is 5.92. The van der Waals surface area contributed by atoms with Crippen LogP contribution in [-0.4, -0.2) is 69.5 Å². The van der Waals surface area contributed by atoms with Crippen molar-refractivity contribution in [3.63, 3.8) is 0 Å². The van der Waals surface area contributed by atoms with Gasteiger partial charge in [-0.2, -0.15) is 4.31 Å². The Morgan fingerprint density at radius 3 is 2.74 bits per heavy atom. The van der Waals surface area contributed by atoms with Crippen LogP contribution in [0.4, 0.5) is 0 Å². The number of hydrogen-bond acceptors (Lipinski definition) is 5. The second-order valence-corrected chi connectivity index (χ2v) is 7.72. The summed E-state index contributed by atoms with van der Waals surface area (Å²) in [5.74, 6) is -0.436. The van der Waals surface area contributed by atoms with Crippen LogP contribution in [0.1, 0.15) is 5.56 Å². The van der Waals surface area contributed by atoms with E-state index in [4.69, 9.17) is 10.5 Å². The average molecular weight is 341 g/mol. The van der Waals surface area contributed by atoms with Gasteiger partial charge in [-0.15, -0.1) is 0 Å². The molecule has 1 heterocycles. The SMILES string of the molecule is CN(CC(N)=O)CC1CN(S(=O)(=O)Cc2ccccc2)CCO1. The normalized spacial score (nSPS) is 19.8. The van der Waals surface area contributed by atoms with Crippen LogP contribution in [0.5, 0.6) is 0 Å². The van der Waals surface area contributed by atoms with Gasteiger partial charge in [-0.3, -0.25) is 9.69 Å². The van der Waals surface area contributed by atoms with Gasteiger partial charge < -0.3 is 10.5 Å². The van der Waals surface area contributed by atoms with E-state index < -0.39 is 15.9 Å². The Bertz CT molecular complexity index is 621. The maximum Gasteiger partial charge on any atom is 0.231 e. The molecule has 1 unspecified atom stereocenters. The summed E-state index contributed by atoms with van der Waals surface area (Å²) in [6, 6.07) is 9.11. The zero-order chi connectivity index (χ0) is 16.9. The summed E-state index contributed by atoms with van der Waals surface area (Å²) in [7, 11) is -1.63. The van der Waals surface area contributed by atoms with Crippen molar-refractivity contribution in [2.45, 2.75) is 11.9 Å². The molecule has 1 aromatic carbocycles. The van der Waals surface area contributed by atoms with E-state index >= 15 is 0 Å². The average Bonchev–Trinajstić information content (AvgIpc) is 2.47. The number of rotatable bonds is 7. The first-order chi connectivity index (χ1) is 10.9. The van der Waals surface area contributed by atoms with E-state index in [1.54, 1.807) is 24.1 Å². The van der Waals surface area contributed by atoms with Gasteiger partial charge in [-0.1, -0.05) is 30.3 Å². The first-order valence-electron chi connectivity index (χ1n) is 7.47. The molecule has 1 fully saturated rings. The predicted octanol–water partition coefficient (Wildman–Crippen LogP) is -0.366. The minimum atomic E-state index is -3.38. The lowest BCUT2D eigenvalue weighted by Gasteiger charge is -2.34. The monoisotopic (exact) mass is 341 g/mol. The van der Waals surface area contributed by atoms with E-state index in [9.17, 15) is 13.2 Å². The fourth-order valence-corrected chi connectivity index (χ4v) is 4.15. The minimum absolute atomic E-state index is 0.0162. The number of benzene rings is 1. The number of nitrogens with two attached hydrogens (primary N) is 1. The molecule has 0 bridgehead atoms. The van der Waals surface area contributed by atoms with Gasteiger partial charge in [0.25, 0.3) is 0 Å². The Hall–Kier alpha value is -1.48. The van der Waals surface area contributed by atoms with E-state index in [1.165, 1.54) is 4.31 Å². The van der Waals surface area contributed by atoms with Crippen LogP contribution in [0.2, 0.25) is 0 Å². The minimum Gasteiger partial charge on any atom is -0.374 e. The molecule has 2 rings (SSSR count). The highest BCUT2D eigenvalue weighted by molar-refractivity contribution is 7.88. The van der Waals surface area contributed by atoms with Crippen LogP contribution in [0, 0.1) is 0 Å². The summed E-state index contributed by atoms with van der Waals surface area (Å²) in [5, 5.41) is 0. The zero-order valence-electron chi connectivity index (χ0n) is 13.2. The molecule has 1 saturated heterocycles. The van der Waals surface area contributed by atoms with Gasteiger partial charge in [0.1, 0.15) is 0 Å². The Kier molecular flexibility index (Phi) is 6.11. The standard InChI is InChI=1S/C15H23N3O4S/c1-17(11-15(16)19)9-14-10-18(7-8-22-14)23(20,21)12-13-5-3-2-4-6-13/h2-6,14H,7-12H2,1H3,(H2,16,19). The molecule has 7 nitrogen and oxygen atoms in total. The highest BCUT2D eigenvalue weighted by Crippen LogP contribution is 2.15. The van der Waals surface area contributed by atoms with E-state index in [-0.39, 0.29) is 24.9 Å². The van der Waals surface area contributed by atoms with Crippen molar-refractivity contribution in [1.29, 1.82) is 0 Å². The molecule has 0 saturated carbocycles. The summed E-state index contributed by atoms with van der Waals surface area (Å²) in [6.07, 6.45) is -0.265. The molecule has 1 aliphatic rings. The van der Waals surface area contributed by atoms with Crippen molar-refractivity contribution < 1.29 is 17.9 Å². The lowest BCUT2D eigenvalue weighted by Crippen LogP contribution is -2.50. The van der Waals surface area contributed by atoms with Crippen LogP contribution >= 0.6 is 0 Å². The fraction of sp³-hybridized carbons (Fsp3) is 0.533. The molecule has 1 aromatic rings. The Balaban J connectivity index is 1.95. The third kappa shape index (κ3) is 5.58. The Morgan fingerprint density at radius 2 is 2.09 bits per heavy atom. The number of primary amides is 1. The topological polar surface area (TPSA) is 92.9 Å². The number of amides is 1. The Morgan fingerprint density at radius 1 is 1.39 bits per heavy atom. The van der Waals surface area contributed by atoms with Crippen molar-refractivity contribution in [1.82, 2.24) is 9.21 Å². The molecule has 2 N–H and O–H groups in total. The molecule has 0 radical (unpaired) electrons. The molecular weight excluding hydrogens is 318 g/mol. The largest absolute Gasteiger partial charge is 0.374 e. The van der Waals surface area contributed by atoms with Gasteiger partial charge in [-0.25, -0.2) is 8.42 Å². The number of carbonyl (C=O) groups excluding carboxylic acids is 1. The van der Waals surface area contributed by atoms with Crippen LogP contribution in [0.3, 0.4) is 0 Å². The first kappa shape index (κ1) is 17.9. The predicted molar refractivity (Wildman–Crippen MR) is 87.1 cm³/mol. The number of ether oxygens (including phenoxy) is 1. The highest BCUT2D eigenvalue weighted by atomic mass is 32.2. The number of carbonyl (C=O) groups is 1. The van der Waals surface area contributed by atoms with Gasteiger partial charge in [0.15, 0.2) is 0 Å². The molecule has 23 heavy (non-hydrogen) atoms. The molecule has 1 amide bonds. The van der Waals surface area contributed by atoms with Crippen LogP contribution in [0.15, 0.2) is 30.3 Å². The van der Waals surface area contributed by atoms with Gasteiger partial charge in [-0.05, 0) is 12.6 Å². The number of likely N-dealkylation sites (N-methyl/N-ethyl adjacent to an activating group) is 1. The van der Waals surface area contributed by atoms with E-state index in [0.29, 0.717) is 19.7 Å². The highest BCUT2D eigenvalue weighted by Gasteiger charge is 2.30. The van der Waals surface area contributed by atoms with Gasteiger partial charge in [0, 0.05) is 19.6 Å². The smallest absolute Gasteiger partial charge is 0.231 e. The molecule has 0 aliphatic carbocycles. The number of sulfonamides is 1. The maximum absolute atomic E-state index is 12.5. The second kappa shape index (κ2) is 7.87. The molecule has 0 aromatic heterocycles. The fourth-order valence-electron chi connectivity index (χ4n) is 2.61. The van der Waals surface area contributed by atoms with Crippen molar-refractivity contribution in [3.8, 4) is 0 Å². The van der Waals surface area contributed by atoms with Gasteiger partial charge >= 0.3 is 0 Å². The van der Waals surface area contributed by atoms with E-state index in [1.807, 2.05) is 18.2 Å². The van der Waals surface area contributed by atoms with Gasteiger partial charge in [0.05, 0.1) is 25.0 Å². The number of nitrogens with zero attached hydrogens (tertiary/aromatic N) is 2. The second-order valence-electron chi connectivity index (χ2n) is 5.76. The number of hydrogen-bond donors (Lipinski definition) is 1. The summed E-state index contributed by atoms with van der Waals surface area (Å²) in [6.45, 7) is 1.57. The molecule has 8 heteroatoms. The summed E-state index contributed by atoms with van der Waals surface area (Å²) in [4.78, 5) is 12.6. The van der Waals surface area contributed by atoms with Crippen molar-refractivity contribution in [3.05, 3.63) is 35.9 Å². The van der Waals surface area contributed by atoms with Crippen molar-refractivity contribution in [2.24, 2.45) is 5.73 Å². The molecule has 1 atom stereocenters. The third-order valence-corrected chi connectivity index (χ3v) is 5.44. The quantitative estimate of drug-likeness (QED) is 0.731. The molecule has 128 valence electrons. The van der Waals surface area contributed by atoms with Crippen LogP contribution in [0.25, 0.3) is 0 Å². The van der Waals surface area contributed by atoms with Crippen molar-refractivity contribution >= 4 is 15.9 Å². The number of morpholine rings is 1. The van der Waals surface area contributed by atoms with Crippen LogP contribution in [-0.2, 0) is 25.3 Å². The molecular formula is C15H23N3O4S. The third-order valence-electron chi connectivity index (χ3n) is 3.63. The van der Waals surface area contributed by atoms with Crippen LogP contribution < -0.4 is 5.73 Å². The van der Waals surface area contributed by atoms with Crippen molar-refractivity contribution in [2.75, 3.05) is 39.8 Å². The lowest BCUT2D eigenvalue weighted by molar-refractivity contribution is -0.119. The Labute approximate surface area is 137 Å². The van der Waals surface area contributed by atoms with E-state index in [0.717, 1.165) is 5.56 Å².